The van der Waals surface area contributed by atoms with Gasteiger partial charge in [-0.15, -0.1) is 6.42 Å². The molecule has 0 fully saturated rings. The van der Waals surface area contributed by atoms with E-state index in [-0.39, 0.29) is 7.43 Å². The molecule has 0 N–H and O–H groups in total. The Bertz CT molecular complexity index is 759. The predicted molar refractivity (Wildman–Crippen MR) is 228 cm³/mol. The van der Waals surface area contributed by atoms with Crippen LogP contribution in [0.15, 0.2) is 18.2 Å². The van der Waals surface area contributed by atoms with Crippen molar-refractivity contribution in [1.29, 1.82) is 0 Å². The van der Waals surface area contributed by atoms with E-state index >= 15 is 0 Å². The molecule has 0 amide bonds. The molecular weight excluding hydrogens is 754 g/mol. The standard InChI is InChI=1S/C10H22.C7H19N3.C6H6.C5H5.C5H4.C4H10.3C2H6.CH4.W/c1-9(2,3)7-8-10(4,5)6;1-8(2)6-10(5)7-9(3)4;1-3-5-6-4-2;2*1-3-5-4-2;1-3-4-2;3*1-2;;/h7-8H2,1-6H3;6-7H2,1-5H3;1-2H3;1-5H;1H,2H3;3-4H2,1-2H3;3*1-2H3;1H4;/q;;;-1;;;;;;;. The van der Waals surface area contributed by atoms with Gasteiger partial charge in [0.2, 0.25) is 0 Å². The summed E-state index contributed by atoms with van der Waals surface area (Å²) in [4.78, 5) is 6.56. The molecular formula is C44H88N3W-. The Morgan fingerprint density at radius 3 is 1.02 bits per heavy atom. The molecule has 0 aromatic rings. The van der Waals surface area contributed by atoms with Gasteiger partial charge in [-0.05, 0) is 103 Å². The van der Waals surface area contributed by atoms with Crippen LogP contribution in [0.4, 0.5) is 0 Å². The molecule has 0 unspecified atom stereocenters. The second-order valence-electron chi connectivity index (χ2n) is 11.9. The maximum absolute atomic E-state index is 4.99. The van der Waals surface area contributed by atoms with Crippen molar-refractivity contribution in [3.8, 4) is 47.9 Å². The fourth-order valence-electron chi connectivity index (χ4n) is 2.07. The summed E-state index contributed by atoms with van der Waals surface area (Å²) in [6.45, 7) is 42.4. The SMILES string of the molecule is C.C#CC#CC.CC.CC.CC.CC#CC#CC.CC(C)(C)CCC(C)(C)C.CCCC.CN(C)CN(C)CN(C)C.[CH-]=CC=C[CH]=[W]. The number of hydrogen-bond donors (Lipinski definition) is 0. The van der Waals surface area contributed by atoms with Crippen molar-refractivity contribution in [2.24, 2.45) is 10.8 Å². The number of rotatable bonds is 8. The van der Waals surface area contributed by atoms with Gasteiger partial charge in [0, 0.05) is 0 Å². The van der Waals surface area contributed by atoms with E-state index in [9.17, 15) is 0 Å². The fourth-order valence-corrected chi connectivity index (χ4v) is 2.39. The molecule has 0 heterocycles. The van der Waals surface area contributed by atoms with Crippen molar-refractivity contribution in [3.63, 3.8) is 0 Å². The van der Waals surface area contributed by atoms with Crippen molar-refractivity contribution in [2.45, 2.75) is 151 Å². The first-order valence-corrected chi connectivity index (χ1v) is 18.9. The Hall–Kier alpha value is -1.84. The van der Waals surface area contributed by atoms with Crippen LogP contribution in [0.1, 0.15) is 151 Å². The van der Waals surface area contributed by atoms with Crippen LogP contribution >= 0.6 is 0 Å². The Kier molecular flexibility index (Phi) is 101. The first-order valence-electron chi connectivity index (χ1n) is 17.2. The van der Waals surface area contributed by atoms with Crippen LogP contribution < -0.4 is 0 Å². The van der Waals surface area contributed by atoms with Crippen LogP contribution in [0.3, 0.4) is 0 Å². The van der Waals surface area contributed by atoms with E-state index in [0.717, 1.165) is 13.3 Å². The molecule has 0 aromatic heterocycles. The van der Waals surface area contributed by atoms with E-state index in [0.29, 0.717) is 10.8 Å². The Morgan fingerprint density at radius 2 is 0.917 bits per heavy atom. The van der Waals surface area contributed by atoms with Crippen molar-refractivity contribution >= 4 is 4.40 Å². The fraction of sp³-hybridized carbons (Fsp3) is 0.705. The van der Waals surface area contributed by atoms with Crippen molar-refractivity contribution < 1.29 is 19.4 Å². The van der Waals surface area contributed by atoms with Gasteiger partial charge in [0.05, 0.1) is 13.3 Å². The van der Waals surface area contributed by atoms with Gasteiger partial charge in [0.1, 0.15) is 0 Å². The third kappa shape index (κ3) is 168. The summed E-state index contributed by atoms with van der Waals surface area (Å²) in [6, 6.07) is 0. The topological polar surface area (TPSA) is 9.72 Å². The summed E-state index contributed by atoms with van der Waals surface area (Å²) < 4.78 is 2.00. The molecule has 0 aliphatic carbocycles. The van der Waals surface area contributed by atoms with Crippen LogP contribution in [-0.4, -0.2) is 67.7 Å². The third-order valence-electron chi connectivity index (χ3n) is 3.98. The summed E-state index contributed by atoms with van der Waals surface area (Å²) in [5.74, 6) is 17.5. The van der Waals surface area contributed by atoms with Gasteiger partial charge in [-0.1, -0.05) is 135 Å². The Balaban J connectivity index is -0.0000000446. The van der Waals surface area contributed by atoms with Crippen molar-refractivity contribution in [3.05, 3.63) is 24.8 Å². The number of nitrogens with zero attached hydrogens (tertiary/aromatic N) is 3. The van der Waals surface area contributed by atoms with Crippen LogP contribution in [0.5, 0.6) is 0 Å². The predicted octanol–water partition coefficient (Wildman–Crippen LogP) is 11.9. The van der Waals surface area contributed by atoms with E-state index in [1.54, 1.807) is 26.8 Å². The van der Waals surface area contributed by atoms with Gasteiger partial charge in [-0.3, -0.25) is 14.7 Å². The summed E-state index contributed by atoms with van der Waals surface area (Å²) in [5, 5.41) is 0. The van der Waals surface area contributed by atoms with Crippen molar-refractivity contribution in [1.82, 2.24) is 14.7 Å². The normalized spacial score (nSPS) is 8.25. The zero-order valence-corrected chi connectivity index (χ0v) is 38.9. The maximum atomic E-state index is 4.99. The second kappa shape index (κ2) is 67.4. The summed E-state index contributed by atoms with van der Waals surface area (Å²) in [7, 11) is 10.4. The molecule has 0 aliphatic rings. The minimum absolute atomic E-state index is 0. The van der Waals surface area contributed by atoms with Gasteiger partial charge in [-0.2, -0.15) is 0 Å². The van der Waals surface area contributed by atoms with E-state index in [1.165, 1.54) is 51.1 Å². The molecule has 3 nitrogen and oxygen atoms in total. The molecule has 0 aliphatic heterocycles. The molecule has 0 saturated heterocycles. The van der Waals surface area contributed by atoms with E-state index in [4.69, 9.17) is 13.0 Å². The average Bonchev–Trinajstić information content (AvgIpc) is 3.01. The zero-order valence-electron chi connectivity index (χ0n) is 36.0. The van der Waals surface area contributed by atoms with Crippen LogP contribution in [0.2, 0.25) is 0 Å². The Labute approximate surface area is 320 Å². The van der Waals surface area contributed by atoms with Gasteiger partial charge >= 0.3 is 48.6 Å². The van der Waals surface area contributed by atoms with Crippen LogP contribution in [-0.2, 0) is 19.4 Å². The van der Waals surface area contributed by atoms with Gasteiger partial charge in [-0.25, -0.2) is 0 Å². The minimum atomic E-state index is 0. The number of hydrogen-bond acceptors (Lipinski definition) is 3. The number of unbranched alkanes of at least 4 members (excludes halogenated alkanes) is 1. The van der Waals surface area contributed by atoms with Crippen LogP contribution in [0.25, 0.3) is 0 Å². The monoisotopic (exact) mass is 843 g/mol. The van der Waals surface area contributed by atoms with E-state index in [2.05, 4.69) is 147 Å². The van der Waals surface area contributed by atoms with Gasteiger partial charge in [0.25, 0.3) is 0 Å². The summed E-state index contributed by atoms with van der Waals surface area (Å²) in [6.07, 6.45) is 15.2. The summed E-state index contributed by atoms with van der Waals surface area (Å²) >= 11 is 1.45. The van der Waals surface area contributed by atoms with Crippen LogP contribution in [0, 0.1) is 65.3 Å². The van der Waals surface area contributed by atoms with Gasteiger partial charge < -0.3 is 0 Å². The summed E-state index contributed by atoms with van der Waals surface area (Å²) in [5.41, 5.74) is 1.01. The quantitative estimate of drug-likeness (QED) is 0.104. The van der Waals surface area contributed by atoms with Gasteiger partial charge in [0.15, 0.2) is 0 Å². The van der Waals surface area contributed by atoms with Crippen molar-refractivity contribution in [2.75, 3.05) is 48.6 Å². The van der Waals surface area contributed by atoms with E-state index in [1.807, 2.05) is 52.0 Å². The molecule has 0 aromatic carbocycles. The molecule has 0 spiro atoms. The molecule has 0 atom stereocenters. The molecule has 4 heteroatoms. The molecule has 0 radical (unpaired) electrons. The second-order valence-corrected chi connectivity index (χ2v) is 12.9. The average molecular weight is 843 g/mol. The zero-order chi connectivity index (χ0) is 39.8. The molecule has 48 heavy (non-hydrogen) atoms. The molecule has 0 rings (SSSR count). The third-order valence-corrected chi connectivity index (χ3v) is 4.55. The number of terminal acetylenes is 1. The van der Waals surface area contributed by atoms with E-state index < -0.39 is 0 Å². The first-order chi connectivity index (χ1) is 21.9. The molecule has 0 saturated carbocycles. The Morgan fingerprint density at radius 1 is 0.625 bits per heavy atom. The first kappa shape index (κ1) is 72.0. The molecule has 0 bridgehead atoms. The number of allylic oxidation sites excluding steroid dienone is 3. The molecule has 286 valence electrons.